The molecule has 3 aromatic carbocycles. The summed E-state index contributed by atoms with van der Waals surface area (Å²) in [4.78, 5) is 9.48. The fourth-order valence-corrected chi connectivity index (χ4v) is 5.02. The molecule has 0 amide bonds. The normalized spacial score (nSPS) is 16.6. The Hall–Kier alpha value is -3.66. The first-order valence-electron chi connectivity index (χ1n) is 11.1. The average molecular weight is 423 g/mol. The van der Waals surface area contributed by atoms with Crippen molar-refractivity contribution in [3.63, 3.8) is 0 Å². The van der Waals surface area contributed by atoms with Crippen LogP contribution in [0.3, 0.4) is 0 Å². The van der Waals surface area contributed by atoms with Crippen LogP contribution in [-0.4, -0.2) is 37.2 Å². The number of rotatable bonds is 4. The number of hydrogen-bond donors (Lipinski definition) is 0. The third-order valence-electron chi connectivity index (χ3n) is 6.51. The summed E-state index contributed by atoms with van der Waals surface area (Å²) in [5.74, 6) is 0. The number of hydrogen-bond acceptors (Lipinski definition) is 4. The fourth-order valence-electron chi connectivity index (χ4n) is 5.02. The monoisotopic (exact) mass is 422 g/mol. The molecule has 2 aliphatic rings. The maximum Gasteiger partial charge on any atom is 0.0947 e. The average Bonchev–Trinajstić information content (AvgIpc) is 3.29. The maximum atomic E-state index is 2.41. The van der Waals surface area contributed by atoms with Gasteiger partial charge >= 0.3 is 0 Å². The van der Waals surface area contributed by atoms with E-state index < -0.39 is 0 Å². The molecule has 3 aromatic rings. The number of benzene rings is 3. The van der Waals surface area contributed by atoms with Gasteiger partial charge in [0, 0.05) is 36.9 Å². The van der Waals surface area contributed by atoms with Gasteiger partial charge in [-0.05, 0) is 43.2 Å². The van der Waals surface area contributed by atoms with Crippen LogP contribution in [0.4, 0.5) is 11.4 Å². The summed E-state index contributed by atoms with van der Waals surface area (Å²) in [6, 6.07) is 30.2. The van der Waals surface area contributed by atoms with Gasteiger partial charge in [0.1, 0.15) is 0 Å². The molecule has 0 atom stereocenters. The summed E-state index contributed by atoms with van der Waals surface area (Å²) < 4.78 is 0. The Kier molecular flexibility index (Phi) is 5.14. The minimum Gasteiger partial charge on any atom is -0.355 e. The standard InChI is InChI=1S/C28H30N4/c1-21-27(23-12-7-5-8-13-23)29(3)19-31(21)25-16-11-17-26(18-25)32-20-30(4)28(22(32)2)24-14-9-6-10-15-24/h5-18H,19-20H2,1-4H3. The van der Waals surface area contributed by atoms with Crippen molar-refractivity contribution >= 4 is 22.8 Å². The van der Waals surface area contributed by atoms with Crippen LogP contribution < -0.4 is 9.80 Å². The Morgan fingerprint density at radius 3 is 1.34 bits per heavy atom. The van der Waals surface area contributed by atoms with Crippen molar-refractivity contribution in [1.29, 1.82) is 0 Å². The minimum atomic E-state index is 0.851. The molecule has 0 N–H and O–H groups in total. The SMILES string of the molecule is CC1=C(c2ccccc2)N(C)CN1c1cccc(N2CN(C)C(c3ccccc3)=C2C)c1. The van der Waals surface area contributed by atoms with Crippen LogP contribution in [0, 0.1) is 0 Å². The maximum absolute atomic E-state index is 2.41. The van der Waals surface area contributed by atoms with Crippen LogP contribution in [0.25, 0.3) is 11.4 Å². The smallest absolute Gasteiger partial charge is 0.0947 e. The topological polar surface area (TPSA) is 13.0 Å². The Bertz CT molecular complexity index is 1090. The van der Waals surface area contributed by atoms with E-state index in [1.54, 1.807) is 0 Å². The highest BCUT2D eigenvalue weighted by atomic mass is 15.4. The van der Waals surface area contributed by atoms with Crippen LogP contribution in [-0.2, 0) is 0 Å². The van der Waals surface area contributed by atoms with Crippen LogP contribution in [0.2, 0.25) is 0 Å². The summed E-state index contributed by atoms with van der Waals surface area (Å²) in [6.07, 6.45) is 0. The fraction of sp³-hybridized carbons (Fsp3) is 0.214. The van der Waals surface area contributed by atoms with Crippen molar-refractivity contribution in [2.75, 3.05) is 37.2 Å². The van der Waals surface area contributed by atoms with E-state index in [0.29, 0.717) is 0 Å². The van der Waals surface area contributed by atoms with Crippen molar-refractivity contribution in [3.05, 3.63) is 107 Å². The zero-order chi connectivity index (χ0) is 22.2. The van der Waals surface area contributed by atoms with E-state index in [4.69, 9.17) is 0 Å². The van der Waals surface area contributed by atoms with E-state index in [-0.39, 0.29) is 0 Å². The molecule has 162 valence electrons. The molecule has 0 spiro atoms. The highest BCUT2D eigenvalue weighted by molar-refractivity contribution is 5.78. The molecule has 0 fully saturated rings. The van der Waals surface area contributed by atoms with E-state index in [1.165, 1.54) is 45.3 Å². The van der Waals surface area contributed by atoms with Gasteiger partial charge in [0.05, 0.1) is 24.7 Å². The number of anilines is 2. The zero-order valence-corrected chi connectivity index (χ0v) is 19.3. The number of nitrogens with zero attached hydrogens (tertiary/aromatic N) is 4. The Morgan fingerprint density at radius 2 is 0.938 bits per heavy atom. The molecule has 0 aromatic heterocycles. The molecular formula is C28H30N4. The van der Waals surface area contributed by atoms with Gasteiger partial charge in [-0.1, -0.05) is 66.7 Å². The second-order valence-corrected chi connectivity index (χ2v) is 8.65. The molecule has 2 aliphatic heterocycles. The predicted molar refractivity (Wildman–Crippen MR) is 135 cm³/mol. The van der Waals surface area contributed by atoms with Crippen molar-refractivity contribution in [2.24, 2.45) is 0 Å². The molecule has 2 heterocycles. The van der Waals surface area contributed by atoms with Crippen LogP contribution in [0.1, 0.15) is 25.0 Å². The summed E-state index contributed by atoms with van der Waals surface area (Å²) in [5.41, 5.74) is 10.1. The lowest BCUT2D eigenvalue weighted by atomic mass is 10.1. The molecule has 0 unspecified atom stereocenters. The highest BCUT2D eigenvalue weighted by Gasteiger charge is 2.28. The van der Waals surface area contributed by atoms with Gasteiger partial charge in [-0.3, -0.25) is 0 Å². The van der Waals surface area contributed by atoms with Crippen LogP contribution >= 0.6 is 0 Å². The summed E-state index contributed by atoms with van der Waals surface area (Å²) in [5, 5.41) is 0. The lowest BCUT2D eigenvalue weighted by Gasteiger charge is -2.25. The first-order chi connectivity index (χ1) is 15.5. The van der Waals surface area contributed by atoms with E-state index in [2.05, 4.69) is 132 Å². The van der Waals surface area contributed by atoms with Gasteiger partial charge in [-0.25, -0.2) is 0 Å². The molecule has 0 radical (unpaired) electrons. The van der Waals surface area contributed by atoms with Crippen molar-refractivity contribution in [1.82, 2.24) is 9.80 Å². The van der Waals surface area contributed by atoms with Gasteiger partial charge in [-0.2, -0.15) is 0 Å². The molecule has 0 saturated carbocycles. The van der Waals surface area contributed by atoms with E-state index in [0.717, 1.165) is 13.3 Å². The molecule has 0 saturated heterocycles. The summed E-state index contributed by atoms with van der Waals surface area (Å²) >= 11 is 0. The zero-order valence-electron chi connectivity index (χ0n) is 19.3. The third-order valence-corrected chi connectivity index (χ3v) is 6.51. The van der Waals surface area contributed by atoms with Crippen molar-refractivity contribution < 1.29 is 0 Å². The van der Waals surface area contributed by atoms with Gasteiger partial charge in [0.2, 0.25) is 0 Å². The van der Waals surface area contributed by atoms with Gasteiger partial charge in [-0.15, -0.1) is 0 Å². The molecule has 0 aliphatic carbocycles. The van der Waals surface area contributed by atoms with E-state index in [9.17, 15) is 0 Å². The molecule has 4 nitrogen and oxygen atoms in total. The summed E-state index contributed by atoms with van der Waals surface area (Å²) in [7, 11) is 4.34. The van der Waals surface area contributed by atoms with Crippen LogP contribution in [0.5, 0.6) is 0 Å². The first-order valence-corrected chi connectivity index (χ1v) is 11.1. The Labute approximate surface area is 191 Å². The highest BCUT2D eigenvalue weighted by Crippen LogP contribution is 2.38. The second-order valence-electron chi connectivity index (χ2n) is 8.65. The van der Waals surface area contributed by atoms with Crippen LogP contribution in [0.15, 0.2) is 96.3 Å². The minimum absolute atomic E-state index is 0.851. The largest absolute Gasteiger partial charge is 0.355 e. The lowest BCUT2D eigenvalue weighted by Crippen LogP contribution is -2.26. The van der Waals surface area contributed by atoms with Gasteiger partial charge in [0.25, 0.3) is 0 Å². The molecular weight excluding hydrogens is 392 g/mol. The van der Waals surface area contributed by atoms with E-state index in [1.807, 2.05) is 0 Å². The van der Waals surface area contributed by atoms with Gasteiger partial charge < -0.3 is 19.6 Å². The quantitative estimate of drug-likeness (QED) is 0.520. The van der Waals surface area contributed by atoms with Crippen molar-refractivity contribution in [3.8, 4) is 0 Å². The predicted octanol–water partition coefficient (Wildman–Crippen LogP) is 5.88. The molecule has 0 bridgehead atoms. The lowest BCUT2D eigenvalue weighted by molar-refractivity contribution is 0.514. The Balaban J connectivity index is 1.49. The van der Waals surface area contributed by atoms with E-state index >= 15 is 0 Å². The Morgan fingerprint density at radius 1 is 0.531 bits per heavy atom. The second kappa shape index (κ2) is 8.12. The first kappa shape index (κ1) is 20.3. The molecule has 32 heavy (non-hydrogen) atoms. The number of allylic oxidation sites excluding steroid dienone is 2. The summed E-state index contributed by atoms with van der Waals surface area (Å²) in [6.45, 7) is 6.15. The van der Waals surface area contributed by atoms with Gasteiger partial charge in [0.15, 0.2) is 0 Å². The third kappa shape index (κ3) is 3.42. The molecule has 5 rings (SSSR count). The van der Waals surface area contributed by atoms with Crippen molar-refractivity contribution in [2.45, 2.75) is 13.8 Å². The molecule has 4 heteroatoms.